The fourth-order valence-corrected chi connectivity index (χ4v) is 2.79. The van der Waals surface area contributed by atoms with Gasteiger partial charge in [-0.3, -0.25) is 14.8 Å². The molecule has 0 aliphatic rings. The van der Waals surface area contributed by atoms with Crippen molar-refractivity contribution in [2.75, 3.05) is 0 Å². The Balaban J connectivity index is 1.70. The molecule has 0 saturated carbocycles. The third-order valence-corrected chi connectivity index (χ3v) is 4.28. The maximum atomic E-state index is 12.4. The second-order valence-corrected chi connectivity index (χ2v) is 6.26. The summed E-state index contributed by atoms with van der Waals surface area (Å²) in [6, 6.07) is 19.4. The molecule has 0 saturated heterocycles. The van der Waals surface area contributed by atoms with Gasteiger partial charge in [0.1, 0.15) is 0 Å². The van der Waals surface area contributed by atoms with Crippen molar-refractivity contribution in [3.8, 4) is 11.1 Å². The molecular weight excluding hydrogens is 352 g/mol. The lowest BCUT2D eigenvalue weighted by atomic mass is 10.0. The smallest absolute Gasteiger partial charge is 0.267 e. The molecular formula is C23H20N2O3. The number of carbonyl (C=O) groups excluding carboxylic acids is 2. The van der Waals surface area contributed by atoms with Gasteiger partial charge >= 0.3 is 0 Å². The molecule has 1 aromatic heterocycles. The van der Waals surface area contributed by atoms with Crippen molar-refractivity contribution in [3.63, 3.8) is 0 Å². The van der Waals surface area contributed by atoms with Gasteiger partial charge in [0.2, 0.25) is 0 Å². The van der Waals surface area contributed by atoms with E-state index in [9.17, 15) is 9.59 Å². The Bertz CT molecular complexity index is 1030. The van der Waals surface area contributed by atoms with Crippen LogP contribution >= 0.6 is 0 Å². The summed E-state index contributed by atoms with van der Waals surface area (Å²) in [5, 5.41) is 8.52. The van der Waals surface area contributed by atoms with Crippen LogP contribution in [0.25, 0.3) is 23.3 Å². The summed E-state index contributed by atoms with van der Waals surface area (Å²) in [7, 11) is 1.83. The standard InChI is InChI=1S/C23H20N2O3/c1-25-16-17(15-21(25)12-14-23(27)24-28)7-13-22(26)20-10-8-19(9-11-20)18-5-3-2-4-6-18/h2-16,28H,1H3,(H,24,27)/b13-7+,14-12+. The van der Waals surface area contributed by atoms with Gasteiger partial charge in [-0.15, -0.1) is 0 Å². The quantitative estimate of drug-likeness (QED) is 0.296. The van der Waals surface area contributed by atoms with E-state index in [1.807, 2.05) is 78.5 Å². The summed E-state index contributed by atoms with van der Waals surface area (Å²) in [4.78, 5) is 23.5. The summed E-state index contributed by atoms with van der Waals surface area (Å²) in [5.74, 6) is -0.687. The average molecular weight is 372 g/mol. The molecule has 0 bridgehead atoms. The van der Waals surface area contributed by atoms with Crippen LogP contribution in [0.4, 0.5) is 0 Å². The zero-order valence-corrected chi connectivity index (χ0v) is 15.4. The van der Waals surface area contributed by atoms with Crippen molar-refractivity contribution in [2.45, 2.75) is 0 Å². The Kier molecular flexibility index (Phi) is 5.99. The fourth-order valence-electron chi connectivity index (χ4n) is 2.79. The number of aromatic nitrogens is 1. The Hall–Kier alpha value is -3.70. The number of nitrogens with one attached hydrogen (secondary N) is 1. The number of rotatable bonds is 6. The van der Waals surface area contributed by atoms with Gasteiger partial charge in [0, 0.05) is 30.6 Å². The normalized spacial score (nSPS) is 11.2. The number of hydroxylamine groups is 1. The van der Waals surface area contributed by atoms with Crippen LogP contribution in [0.1, 0.15) is 21.6 Å². The Morgan fingerprint density at radius 3 is 2.29 bits per heavy atom. The second kappa shape index (κ2) is 8.79. The van der Waals surface area contributed by atoms with Gasteiger partial charge in [-0.05, 0) is 41.0 Å². The van der Waals surface area contributed by atoms with Crippen molar-refractivity contribution in [1.82, 2.24) is 10.0 Å². The molecule has 2 aromatic carbocycles. The molecule has 0 unspecified atom stereocenters. The summed E-state index contributed by atoms with van der Waals surface area (Å²) < 4.78 is 1.82. The van der Waals surface area contributed by atoms with E-state index in [0.29, 0.717) is 5.56 Å². The van der Waals surface area contributed by atoms with Crippen molar-refractivity contribution in [1.29, 1.82) is 0 Å². The van der Waals surface area contributed by atoms with Gasteiger partial charge in [0.15, 0.2) is 5.78 Å². The number of carbonyl (C=O) groups is 2. The highest BCUT2D eigenvalue weighted by Crippen LogP contribution is 2.20. The number of benzene rings is 2. The SMILES string of the molecule is Cn1cc(/C=C/C(=O)c2ccc(-c3ccccc3)cc2)cc1/C=C/C(=O)NO. The zero-order chi connectivity index (χ0) is 19.9. The van der Waals surface area contributed by atoms with Crippen LogP contribution in [0.3, 0.4) is 0 Å². The lowest BCUT2D eigenvalue weighted by molar-refractivity contribution is -0.124. The molecule has 2 N–H and O–H groups in total. The first-order valence-corrected chi connectivity index (χ1v) is 8.73. The molecule has 3 aromatic rings. The minimum atomic E-state index is -0.604. The minimum absolute atomic E-state index is 0.0831. The Morgan fingerprint density at radius 2 is 1.61 bits per heavy atom. The molecule has 5 nitrogen and oxygen atoms in total. The van der Waals surface area contributed by atoms with Gasteiger partial charge in [0.05, 0.1) is 0 Å². The van der Waals surface area contributed by atoms with Crippen LogP contribution in [0.5, 0.6) is 0 Å². The van der Waals surface area contributed by atoms with E-state index in [1.165, 1.54) is 12.2 Å². The molecule has 5 heteroatoms. The number of amides is 1. The maximum Gasteiger partial charge on any atom is 0.267 e. The van der Waals surface area contributed by atoms with Crippen LogP contribution in [0, 0.1) is 0 Å². The Labute approximate surface area is 163 Å². The fraction of sp³-hybridized carbons (Fsp3) is 0.0435. The molecule has 28 heavy (non-hydrogen) atoms. The average Bonchev–Trinajstić information content (AvgIpc) is 3.10. The first-order chi connectivity index (χ1) is 13.6. The van der Waals surface area contributed by atoms with E-state index in [4.69, 9.17) is 5.21 Å². The van der Waals surface area contributed by atoms with Gasteiger partial charge in [-0.1, -0.05) is 54.6 Å². The lowest BCUT2D eigenvalue weighted by Gasteiger charge is -2.02. The molecule has 140 valence electrons. The third-order valence-electron chi connectivity index (χ3n) is 4.28. The molecule has 0 atom stereocenters. The van der Waals surface area contributed by atoms with Gasteiger partial charge < -0.3 is 4.57 Å². The third kappa shape index (κ3) is 4.72. The molecule has 3 rings (SSSR count). The van der Waals surface area contributed by atoms with Crippen molar-refractivity contribution in [3.05, 3.63) is 95.8 Å². The van der Waals surface area contributed by atoms with Crippen LogP contribution in [0.15, 0.2) is 79.0 Å². The summed E-state index contributed by atoms with van der Waals surface area (Å²) in [5.41, 5.74) is 5.93. The van der Waals surface area contributed by atoms with Crippen LogP contribution in [0.2, 0.25) is 0 Å². The van der Waals surface area contributed by atoms with E-state index in [2.05, 4.69) is 0 Å². The summed E-state index contributed by atoms with van der Waals surface area (Å²) in [6.07, 6.45) is 7.91. The molecule has 1 amide bonds. The molecule has 0 aliphatic carbocycles. The highest BCUT2D eigenvalue weighted by atomic mass is 16.5. The predicted octanol–water partition coefficient (Wildman–Crippen LogP) is 4.11. The van der Waals surface area contributed by atoms with Crippen molar-refractivity contribution >= 4 is 23.8 Å². The largest absolute Gasteiger partial charge is 0.350 e. The highest BCUT2D eigenvalue weighted by Gasteiger charge is 2.04. The molecule has 1 heterocycles. The van der Waals surface area contributed by atoms with Gasteiger partial charge in [0.25, 0.3) is 5.91 Å². The van der Waals surface area contributed by atoms with Crippen molar-refractivity contribution < 1.29 is 14.8 Å². The minimum Gasteiger partial charge on any atom is -0.350 e. The number of hydrogen-bond acceptors (Lipinski definition) is 3. The number of aryl methyl sites for hydroxylation is 1. The van der Waals surface area contributed by atoms with Crippen LogP contribution < -0.4 is 5.48 Å². The first kappa shape index (κ1) is 19.1. The monoisotopic (exact) mass is 372 g/mol. The second-order valence-electron chi connectivity index (χ2n) is 6.26. The Morgan fingerprint density at radius 1 is 0.929 bits per heavy atom. The molecule has 0 radical (unpaired) electrons. The number of ketones is 1. The van der Waals surface area contributed by atoms with Crippen LogP contribution in [-0.4, -0.2) is 21.5 Å². The van der Waals surface area contributed by atoms with E-state index in [0.717, 1.165) is 22.4 Å². The number of allylic oxidation sites excluding steroid dienone is 1. The van der Waals surface area contributed by atoms with E-state index in [-0.39, 0.29) is 5.78 Å². The maximum absolute atomic E-state index is 12.4. The number of nitrogens with zero attached hydrogens (tertiary/aromatic N) is 1. The summed E-state index contributed by atoms with van der Waals surface area (Å²) in [6.45, 7) is 0. The highest BCUT2D eigenvalue weighted by molar-refractivity contribution is 6.07. The van der Waals surface area contributed by atoms with Crippen LogP contribution in [-0.2, 0) is 11.8 Å². The predicted molar refractivity (Wildman–Crippen MR) is 110 cm³/mol. The molecule has 0 aliphatic heterocycles. The van der Waals surface area contributed by atoms with E-state index < -0.39 is 5.91 Å². The van der Waals surface area contributed by atoms with E-state index in [1.54, 1.807) is 17.6 Å². The van der Waals surface area contributed by atoms with Gasteiger partial charge in [-0.2, -0.15) is 0 Å². The first-order valence-electron chi connectivity index (χ1n) is 8.73. The van der Waals surface area contributed by atoms with E-state index >= 15 is 0 Å². The molecule has 0 spiro atoms. The van der Waals surface area contributed by atoms with Crippen molar-refractivity contribution in [2.24, 2.45) is 7.05 Å². The summed E-state index contributed by atoms with van der Waals surface area (Å²) >= 11 is 0. The lowest BCUT2D eigenvalue weighted by Crippen LogP contribution is -2.14. The topological polar surface area (TPSA) is 71.3 Å². The zero-order valence-electron chi connectivity index (χ0n) is 15.4. The molecule has 0 fully saturated rings. The van der Waals surface area contributed by atoms with Gasteiger partial charge in [-0.25, -0.2) is 5.48 Å². The number of hydrogen-bond donors (Lipinski definition) is 2.